The number of hydrogen-bond acceptors (Lipinski definition) is 3. The Morgan fingerprint density at radius 1 is 1.50 bits per heavy atom. The number of rotatable bonds is 5. The van der Waals surface area contributed by atoms with E-state index in [-0.39, 0.29) is 5.75 Å². The molecule has 0 unspecified atom stereocenters. The summed E-state index contributed by atoms with van der Waals surface area (Å²) in [6.07, 6.45) is 3.10. The molecule has 0 N–H and O–H groups in total. The zero-order chi connectivity index (χ0) is 12.2. The lowest BCUT2D eigenvalue weighted by molar-refractivity contribution is 0.590. The Balaban J connectivity index is 2.89. The highest BCUT2D eigenvalue weighted by Gasteiger charge is 2.18. The average molecular weight is 307 g/mol. The van der Waals surface area contributed by atoms with Crippen LogP contribution in [0, 0.1) is 0 Å². The van der Waals surface area contributed by atoms with Crippen LogP contribution in [0.25, 0.3) is 0 Å². The summed E-state index contributed by atoms with van der Waals surface area (Å²) in [4.78, 5) is 4.03. The van der Waals surface area contributed by atoms with Gasteiger partial charge < -0.3 is 0 Å². The third-order valence-electron chi connectivity index (χ3n) is 2.20. The summed E-state index contributed by atoms with van der Waals surface area (Å²) in [6, 6.07) is 3.44. The van der Waals surface area contributed by atoms with Gasteiger partial charge in [0.2, 0.25) is 10.0 Å². The monoisotopic (exact) mass is 306 g/mol. The van der Waals surface area contributed by atoms with Crippen molar-refractivity contribution in [2.75, 3.05) is 17.1 Å². The number of aromatic nitrogens is 1. The predicted octanol–water partition coefficient (Wildman–Crippen LogP) is 2.41. The van der Waals surface area contributed by atoms with Gasteiger partial charge in [0, 0.05) is 17.7 Å². The van der Waals surface area contributed by atoms with Crippen molar-refractivity contribution in [1.29, 1.82) is 0 Å². The molecule has 0 fully saturated rings. The Kier molecular flexibility index (Phi) is 4.73. The maximum Gasteiger partial charge on any atom is 0.236 e. The van der Waals surface area contributed by atoms with Crippen molar-refractivity contribution in [1.82, 2.24) is 4.98 Å². The molecule has 0 aromatic carbocycles. The predicted molar refractivity (Wildman–Crippen MR) is 69.0 cm³/mol. The fourth-order valence-corrected chi connectivity index (χ4v) is 2.81. The molecule has 90 valence electrons. The molecule has 1 rings (SSSR count). The highest BCUT2D eigenvalue weighted by Crippen LogP contribution is 2.18. The number of anilines is 1. The highest BCUT2D eigenvalue weighted by atomic mass is 79.9. The molecule has 0 aliphatic rings. The first-order valence-electron chi connectivity index (χ1n) is 5.05. The molecule has 0 atom stereocenters. The van der Waals surface area contributed by atoms with Crippen LogP contribution in [0.3, 0.4) is 0 Å². The molecule has 1 heterocycles. The van der Waals surface area contributed by atoms with Gasteiger partial charge in [0.25, 0.3) is 0 Å². The van der Waals surface area contributed by atoms with Crippen LogP contribution in [-0.2, 0) is 10.0 Å². The average Bonchev–Trinajstić information content (AvgIpc) is 2.25. The minimum Gasteiger partial charge on any atom is -0.257 e. The van der Waals surface area contributed by atoms with E-state index in [1.54, 1.807) is 18.3 Å². The van der Waals surface area contributed by atoms with Crippen molar-refractivity contribution < 1.29 is 8.42 Å². The topological polar surface area (TPSA) is 50.3 Å². The number of halogens is 1. The number of sulfonamides is 1. The first-order valence-corrected chi connectivity index (χ1v) is 7.45. The summed E-state index contributed by atoms with van der Waals surface area (Å²) in [5.74, 6) is 0.597. The van der Waals surface area contributed by atoms with Gasteiger partial charge in [0.05, 0.1) is 5.75 Å². The van der Waals surface area contributed by atoms with Gasteiger partial charge in [-0.15, -0.1) is 0 Å². The molecule has 1 aromatic rings. The Hall–Kier alpha value is -0.620. The lowest BCUT2D eigenvalue weighted by Gasteiger charge is -2.18. The molecule has 0 amide bonds. The zero-order valence-corrected chi connectivity index (χ0v) is 11.8. The van der Waals surface area contributed by atoms with Gasteiger partial charge in [-0.2, -0.15) is 0 Å². The second-order valence-corrected chi connectivity index (χ2v) is 6.50. The van der Waals surface area contributed by atoms with Crippen molar-refractivity contribution in [2.45, 2.75) is 19.8 Å². The van der Waals surface area contributed by atoms with Gasteiger partial charge in [-0.25, -0.2) is 13.4 Å². The van der Waals surface area contributed by atoms with Crippen molar-refractivity contribution in [3.63, 3.8) is 0 Å². The summed E-state index contributed by atoms with van der Waals surface area (Å²) in [5, 5.41) is 0. The van der Waals surface area contributed by atoms with E-state index < -0.39 is 10.0 Å². The number of pyridine rings is 1. The molecule has 0 saturated carbocycles. The van der Waals surface area contributed by atoms with Crippen molar-refractivity contribution >= 4 is 31.8 Å². The minimum absolute atomic E-state index is 0.161. The van der Waals surface area contributed by atoms with E-state index >= 15 is 0 Å². The van der Waals surface area contributed by atoms with E-state index in [2.05, 4.69) is 20.9 Å². The molecule has 1 aromatic heterocycles. The van der Waals surface area contributed by atoms with Crippen LogP contribution < -0.4 is 4.31 Å². The molecule has 0 spiro atoms. The van der Waals surface area contributed by atoms with Crippen LogP contribution in [-0.4, -0.2) is 26.2 Å². The van der Waals surface area contributed by atoms with E-state index in [9.17, 15) is 8.42 Å². The maximum atomic E-state index is 11.9. The first-order chi connectivity index (χ1) is 7.47. The third kappa shape index (κ3) is 3.45. The van der Waals surface area contributed by atoms with E-state index in [4.69, 9.17) is 0 Å². The van der Waals surface area contributed by atoms with Crippen LogP contribution >= 0.6 is 15.9 Å². The van der Waals surface area contributed by atoms with Crippen molar-refractivity contribution in [3.8, 4) is 0 Å². The van der Waals surface area contributed by atoms with Crippen molar-refractivity contribution in [2.24, 2.45) is 0 Å². The number of hydrogen-bond donors (Lipinski definition) is 0. The van der Waals surface area contributed by atoms with Crippen molar-refractivity contribution in [3.05, 3.63) is 22.8 Å². The third-order valence-corrected chi connectivity index (χ3v) is 4.52. The molecule has 0 saturated heterocycles. The van der Waals surface area contributed by atoms with Gasteiger partial charge in [0.15, 0.2) is 0 Å². The Bertz CT molecular complexity index is 448. The van der Waals surface area contributed by atoms with Crippen LogP contribution in [0.1, 0.15) is 19.8 Å². The normalized spacial score (nSPS) is 11.4. The lowest BCUT2D eigenvalue weighted by atomic mass is 10.4. The molecule has 0 aliphatic carbocycles. The first kappa shape index (κ1) is 13.4. The van der Waals surface area contributed by atoms with Crippen LogP contribution in [0.4, 0.5) is 5.82 Å². The smallest absolute Gasteiger partial charge is 0.236 e. The molecule has 0 bridgehead atoms. The van der Waals surface area contributed by atoms with Gasteiger partial charge >= 0.3 is 0 Å². The quantitative estimate of drug-likeness (QED) is 0.839. The van der Waals surface area contributed by atoms with E-state index in [0.29, 0.717) is 12.2 Å². The van der Waals surface area contributed by atoms with E-state index in [1.165, 1.54) is 11.4 Å². The molecule has 0 aliphatic heterocycles. The minimum atomic E-state index is -3.24. The Labute approximate surface area is 105 Å². The molecule has 4 nitrogen and oxygen atoms in total. The maximum absolute atomic E-state index is 11.9. The Morgan fingerprint density at radius 3 is 2.75 bits per heavy atom. The largest absolute Gasteiger partial charge is 0.257 e. The number of nitrogens with zero attached hydrogens (tertiary/aromatic N) is 2. The molecule has 6 heteroatoms. The number of unbranched alkanes of at least 4 members (excludes halogenated alkanes) is 1. The van der Waals surface area contributed by atoms with Gasteiger partial charge in [-0.1, -0.05) is 29.3 Å². The Morgan fingerprint density at radius 2 is 2.19 bits per heavy atom. The highest BCUT2D eigenvalue weighted by molar-refractivity contribution is 9.10. The van der Waals surface area contributed by atoms with Gasteiger partial charge in [0.1, 0.15) is 5.82 Å². The van der Waals surface area contributed by atoms with E-state index in [1.807, 2.05) is 6.92 Å². The summed E-state index contributed by atoms with van der Waals surface area (Å²) < 4.78 is 25.8. The molecular formula is C10H15BrN2O2S. The van der Waals surface area contributed by atoms with Crippen LogP contribution in [0.15, 0.2) is 22.8 Å². The fourth-order valence-electron chi connectivity index (χ4n) is 1.17. The van der Waals surface area contributed by atoms with E-state index in [0.717, 1.165) is 10.9 Å². The van der Waals surface area contributed by atoms with Gasteiger partial charge in [-0.3, -0.25) is 4.31 Å². The second-order valence-electron chi connectivity index (χ2n) is 3.47. The summed E-state index contributed by atoms with van der Waals surface area (Å²) in [6.45, 7) is 1.97. The molecular weight excluding hydrogens is 292 g/mol. The summed E-state index contributed by atoms with van der Waals surface area (Å²) in [5.41, 5.74) is 0. The zero-order valence-electron chi connectivity index (χ0n) is 9.35. The van der Waals surface area contributed by atoms with Crippen LogP contribution in [0.5, 0.6) is 0 Å². The summed E-state index contributed by atoms with van der Waals surface area (Å²) in [7, 11) is -1.71. The fraction of sp³-hybridized carbons (Fsp3) is 0.500. The van der Waals surface area contributed by atoms with Crippen LogP contribution in [0.2, 0.25) is 0 Å². The second kappa shape index (κ2) is 5.63. The summed E-state index contributed by atoms with van der Waals surface area (Å²) >= 11 is 3.29. The SMILES string of the molecule is CCCCS(=O)(=O)N(C)c1cc(Br)ccn1. The molecule has 0 radical (unpaired) electrons. The molecule has 16 heavy (non-hydrogen) atoms. The van der Waals surface area contributed by atoms with Gasteiger partial charge in [-0.05, 0) is 18.6 Å². The standard InChI is InChI=1S/C10H15BrN2O2S/c1-3-4-7-16(14,15)13(2)10-8-9(11)5-6-12-10/h5-6,8H,3-4,7H2,1-2H3. The lowest BCUT2D eigenvalue weighted by Crippen LogP contribution is -2.29.